The van der Waals surface area contributed by atoms with Crippen molar-refractivity contribution in [3.63, 3.8) is 0 Å². The fraction of sp³-hybridized carbons (Fsp3) is 0.188. The van der Waals surface area contributed by atoms with E-state index in [4.69, 9.17) is 0 Å². The van der Waals surface area contributed by atoms with Gasteiger partial charge in [-0.3, -0.25) is 0 Å². The SMILES string of the molecule is Fc1cc2c(cc1F)C1=C(C2)Cc2cc(F)c(F)cc21.OC12c3cc(F)c(F)cc3CC1Cc1cc(F)c(F)cc12. The van der Waals surface area contributed by atoms with Crippen LogP contribution < -0.4 is 0 Å². The number of hydrogen-bond acceptors (Lipinski definition) is 1. The van der Waals surface area contributed by atoms with Gasteiger partial charge in [-0.25, -0.2) is 35.1 Å². The first-order valence-electron chi connectivity index (χ1n) is 12.8. The van der Waals surface area contributed by atoms with Crippen LogP contribution in [-0.4, -0.2) is 5.11 Å². The zero-order valence-electron chi connectivity index (χ0n) is 21.0. The molecule has 0 amide bonds. The molecule has 0 radical (unpaired) electrons. The van der Waals surface area contributed by atoms with E-state index in [1.807, 2.05) is 0 Å². The average Bonchev–Trinajstić information content (AvgIpc) is 3.58. The highest BCUT2D eigenvalue weighted by molar-refractivity contribution is 5.91. The molecule has 0 unspecified atom stereocenters. The van der Waals surface area contributed by atoms with Gasteiger partial charge in [0.15, 0.2) is 46.5 Å². The molecule has 4 aliphatic carbocycles. The first-order chi connectivity index (χ1) is 19.4. The molecule has 4 aromatic rings. The molecule has 4 aromatic carbocycles. The van der Waals surface area contributed by atoms with E-state index >= 15 is 0 Å². The first-order valence-corrected chi connectivity index (χ1v) is 12.8. The van der Waals surface area contributed by atoms with E-state index in [0.717, 1.165) is 47.5 Å². The van der Waals surface area contributed by atoms with E-state index < -0.39 is 52.1 Å². The molecule has 4 aliphatic rings. The van der Waals surface area contributed by atoms with Gasteiger partial charge in [0.1, 0.15) is 5.60 Å². The maximum Gasteiger partial charge on any atom is 0.159 e. The lowest BCUT2D eigenvalue weighted by Gasteiger charge is -2.25. The second-order valence-electron chi connectivity index (χ2n) is 10.9. The van der Waals surface area contributed by atoms with Crippen molar-refractivity contribution in [2.75, 3.05) is 0 Å². The van der Waals surface area contributed by atoms with Gasteiger partial charge in [-0.1, -0.05) is 5.57 Å². The molecule has 0 aliphatic heterocycles. The summed E-state index contributed by atoms with van der Waals surface area (Å²) in [6.45, 7) is 0. The molecule has 8 rings (SSSR count). The van der Waals surface area contributed by atoms with Gasteiger partial charge in [-0.2, -0.15) is 0 Å². The molecule has 0 spiro atoms. The number of hydrogen-bond donors (Lipinski definition) is 1. The van der Waals surface area contributed by atoms with Crippen LogP contribution in [0.25, 0.3) is 5.57 Å². The number of allylic oxidation sites excluding steroid dienone is 1. The fourth-order valence-electron chi connectivity index (χ4n) is 6.87. The standard InChI is InChI=1S/C16H10F4O.C16H8F4/c17-12-3-7-1-9-2-8-4-13(18)15(20)6-11(8)16(9,21)10(7)5-14(12)19;17-12-3-7-1-9-2-8-4-13(18)15(20)6-11(8)16(9)10(7)5-14(12)19/h3-6,9,21H,1-2H2;3-6H,1-2H2. The van der Waals surface area contributed by atoms with Crippen LogP contribution in [0.15, 0.2) is 54.1 Å². The molecule has 0 fully saturated rings. The van der Waals surface area contributed by atoms with E-state index in [1.54, 1.807) is 0 Å². The molecule has 9 heteroatoms. The second-order valence-corrected chi connectivity index (χ2v) is 10.9. The molecule has 1 N–H and O–H groups in total. The quantitative estimate of drug-likeness (QED) is 0.219. The lowest BCUT2D eigenvalue weighted by Crippen LogP contribution is -2.29. The van der Waals surface area contributed by atoms with Crippen molar-refractivity contribution in [2.45, 2.75) is 31.3 Å². The number of benzene rings is 4. The van der Waals surface area contributed by atoms with Crippen LogP contribution in [-0.2, 0) is 31.3 Å². The predicted molar refractivity (Wildman–Crippen MR) is 133 cm³/mol. The Bertz CT molecular complexity index is 1730. The minimum atomic E-state index is -1.58. The highest BCUT2D eigenvalue weighted by Crippen LogP contribution is 2.53. The molecule has 208 valence electrons. The molecule has 41 heavy (non-hydrogen) atoms. The maximum absolute atomic E-state index is 13.5. The molecule has 0 atom stereocenters. The van der Waals surface area contributed by atoms with Crippen LogP contribution in [0.3, 0.4) is 0 Å². The molecule has 0 bridgehead atoms. The Morgan fingerprint density at radius 2 is 0.829 bits per heavy atom. The van der Waals surface area contributed by atoms with Gasteiger partial charge < -0.3 is 5.11 Å². The number of fused-ring (bicyclic) bond motifs is 9. The molecule has 0 heterocycles. The van der Waals surface area contributed by atoms with Crippen LogP contribution in [0, 0.1) is 52.5 Å². The maximum atomic E-state index is 13.5. The van der Waals surface area contributed by atoms with Crippen LogP contribution in [0.5, 0.6) is 0 Å². The summed E-state index contributed by atoms with van der Waals surface area (Å²) in [4.78, 5) is 0. The van der Waals surface area contributed by atoms with Crippen LogP contribution >= 0.6 is 0 Å². The first kappa shape index (κ1) is 26.0. The van der Waals surface area contributed by atoms with Crippen molar-refractivity contribution in [1.29, 1.82) is 0 Å². The monoisotopic (exact) mass is 570 g/mol. The van der Waals surface area contributed by atoms with E-state index in [2.05, 4.69) is 0 Å². The third-order valence-electron chi connectivity index (χ3n) is 8.63. The van der Waals surface area contributed by atoms with Crippen LogP contribution in [0.2, 0.25) is 0 Å². The predicted octanol–water partition coefficient (Wildman–Crippen LogP) is 7.36. The fourth-order valence-corrected chi connectivity index (χ4v) is 6.87. The van der Waals surface area contributed by atoms with Gasteiger partial charge in [-0.15, -0.1) is 0 Å². The average molecular weight is 570 g/mol. The summed E-state index contributed by atoms with van der Waals surface area (Å²) in [6.07, 6.45) is 1.70. The Hall–Kier alpha value is -3.98. The molecule has 0 saturated heterocycles. The smallest absolute Gasteiger partial charge is 0.159 e. The van der Waals surface area contributed by atoms with Crippen molar-refractivity contribution < 1.29 is 40.2 Å². The number of aliphatic hydroxyl groups is 1. The highest BCUT2D eigenvalue weighted by Gasteiger charge is 2.52. The minimum Gasteiger partial charge on any atom is -0.380 e. The molecular formula is C32H18F8O. The molecule has 0 saturated carbocycles. The van der Waals surface area contributed by atoms with Crippen molar-refractivity contribution >= 4 is 5.57 Å². The summed E-state index contributed by atoms with van der Waals surface area (Å²) in [7, 11) is 0. The third-order valence-corrected chi connectivity index (χ3v) is 8.63. The van der Waals surface area contributed by atoms with Gasteiger partial charge in [0.05, 0.1) is 0 Å². The Morgan fingerprint density at radius 3 is 1.24 bits per heavy atom. The zero-order chi connectivity index (χ0) is 29.0. The Kier molecular flexibility index (Phi) is 5.54. The third kappa shape index (κ3) is 3.71. The summed E-state index contributed by atoms with van der Waals surface area (Å²) < 4.78 is 107. The van der Waals surface area contributed by atoms with E-state index in [9.17, 15) is 40.2 Å². The normalized spacial score (nSPS) is 20.7. The van der Waals surface area contributed by atoms with Crippen molar-refractivity contribution in [3.8, 4) is 0 Å². The topological polar surface area (TPSA) is 20.2 Å². The summed E-state index contributed by atoms with van der Waals surface area (Å²) in [5, 5.41) is 11.0. The number of rotatable bonds is 0. The Morgan fingerprint density at radius 1 is 0.488 bits per heavy atom. The van der Waals surface area contributed by atoms with Crippen molar-refractivity contribution in [2.24, 2.45) is 5.92 Å². The molecular weight excluding hydrogens is 552 g/mol. The summed E-state index contributed by atoms with van der Waals surface area (Å²) in [5.41, 5.74) is 4.20. The van der Waals surface area contributed by atoms with Gasteiger partial charge in [0, 0.05) is 5.92 Å². The second kappa shape index (κ2) is 8.76. The zero-order valence-corrected chi connectivity index (χ0v) is 21.0. The van der Waals surface area contributed by atoms with E-state index in [-0.39, 0.29) is 17.0 Å². The van der Waals surface area contributed by atoms with Crippen molar-refractivity contribution in [1.82, 2.24) is 0 Å². The van der Waals surface area contributed by atoms with Gasteiger partial charge in [0.25, 0.3) is 0 Å². The van der Waals surface area contributed by atoms with Crippen molar-refractivity contribution in [3.05, 3.63) is 145 Å². The lowest BCUT2D eigenvalue weighted by atomic mass is 9.86. The molecule has 1 nitrogen and oxygen atoms in total. The van der Waals surface area contributed by atoms with Gasteiger partial charge in [0.2, 0.25) is 0 Å². The lowest BCUT2D eigenvalue weighted by molar-refractivity contribution is 0.0437. The molecule has 0 aromatic heterocycles. The highest BCUT2D eigenvalue weighted by atomic mass is 19.2. The minimum absolute atomic E-state index is 0.246. The van der Waals surface area contributed by atoms with Crippen LogP contribution in [0.4, 0.5) is 35.1 Å². The van der Waals surface area contributed by atoms with Gasteiger partial charge >= 0.3 is 0 Å². The Balaban J connectivity index is 0.000000135. The number of halogens is 8. The Labute approximate surface area is 228 Å². The summed E-state index contributed by atoms with van der Waals surface area (Å²) in [5.74, 6) is -8.01. The van der Waals surface area contributed by atoms with E-state index in [1.165, 1.54) is 12.1 Å². The van der Waals surface area contributed by atoms with E-state index in [0.29, 0.717) is 59.1 Å². The largest absolute Gasteiger partial charge is 0.380 e. The van der Waals surface area contributed by atoms with Crippen LogP contribution in [0.1, 0.15) is 44.5 Å². The summed E-state index contributed by atoms with van der Waals surface area (Å²) in [6, 6.07) is 8.71. The summed E-state index contributed by atoms with van der Waals surface area (Å²) >= 11 is 0. The van der Waals surface area contributed by atoms with Gasteiger partial charge in [-0.05, 0) is 124 Å².